The molecule has 0 unspecified atom stereocenters. The predicted octanol–water partition coefficient (Wildman–Crippen LogP) is 4.58. The molecule has 1 heterocycles. The van der Waals surface area contributed by atoms with Crippen LogP contribution in [0.15, 0.2) is 42.6 Å². The van der Waals surface area contributed by atoms with Gasteiger partial charge in [-0.2, -0.15) is 13.2 Å². The summed E-state index contributed by atoms with van der Waals surface area (Å²) in [6, 6.07) is 9.04. The Kier molecular flexibility index (Phi) is 3.95. The van der Waals surface area contributed by atoms with Crippen molar-refractivity contribution in [2.45, 2.75) is 12.1 Å². The summed E-state index contributed by atoms with van der Waals surface area (Å²) in [5.41, 5.74) is 0.624. The van der Waals surface area contributed by atoms with E-state index in [1.54, 1.807) is 24.3 Å². The average molecular weight is 287 g/mol. The van der Waals surface area contributed by atoms with Gasteiger partial charge in [-0.3, -0.25) is 0 Å². The number of nitrogens with zero attached hydrogens (tertiary/aromatic N) is 1. The van der Waals surface area contributed by atoms with Crippen LogP contribution >= 0.6 is 11.6 Å². The molecule has 0 saturated carbocycles. The molecular weight excluding hydrogens is 277 g/mol. The second kappa shape index (κ2) is 5.48. The van der Waals surface area contributed by atoms with E-state index in [4.69, 9.17) is 11.6 Å². The first-order valence-electron chi connectivity index (χ1n) is 5.45. The molecule has 1 N–H and O–H groups in total. The molecule has 2 aromatic rings. The molecule has 0 aliphatic rings. The van der Waals surface area contributed by atoms with Crippen LogP contribution in [0.2, 0.25) is 0 Å². The van der Waals surface area contributed by atoms with Crippen LogP contribution in [0.25, 0.3) is 0 Å². The normalized spacial score (nSPS) is 11.4. The molecule has 100 valence electrons. The van der Waals surface area contributed by atoms with Crippen molar-refractivity contribution in [3.8, 4) is 0 Å². The third-order valence-corrected chi connectivity index (χ3v) is 2.79. The van der Waals surface area contributed by atoms with Crippen molar-refractivity contribution >= 4 is 23.1 Å². The van der Waals surface area contributed by atoms with E-state index >= 15 is 0 Å². The van der Waals surface area contributed by atoms with Crippen LogP contribution in [-0.2, 0) is 12.1 Å². The van der Waals surface area contributed by atoms with Crippen LogP contribution in [0.1, 0.15) is 11.1 Å². The number of nitrogens with one attached hydrogen (secondary N) is 1. The van der Waals surface area contributed by atoms with Gasteiger partial charge in [0.05, 0.1) is 5.56 Å². The minimum Gasteiger partial charge on any atom is -0.340 e. The van der Waals surface area contributed by atoms with Crippen molar-refractivity contribution in [1.29, 1.82) is 0 Å². The van der Waals surface area contributed by atoms with Gasteiger partial charge in [-0.25, -0.2) is 4.98 Å². The summed E-state index contributed by atoms with van der Waals surface area (Å²) < 4.78 is 38.3. The Hall–Kier alpha value is -1.75. The Morgan fingerprint density at radius 1 is 1.11 bits per heavy atom. The molecule has 0 aliphatic heterocycles. The largest absolute Gasteiger partial charge is 0.419 e. The van der Waals surface area contributed by atoms with E-state index in [0.717, 1.165) is 11.6 Å². The van der Waals surface area contributed by atoms with E-state index in [-0.39, 0.29) is 5.82 Å². The van der Waals surface area contributed by atoms with Crippen molar-refractivity contribution in [1.82, 2.24) is 4.98 Å². The first-order chi connectivity index (χ1) is 9.00. The molecule has 19 heavy (non-hydrogen) atoms. The smallest absolute Gasteiger partial charge is 0.340 e. The maximum Gasteiger partial charge on any atom is 0.419 e. The molecule has 0 saturated heterocycles. The molecule has 1 aromatic carbocycles. The zero-order chi connectivity index (χ0) is 13.9. The van der Waals surface area contributed by atoms with Gasteiger partial charge in [-0.1, -0.05) is 12.1 Å². The molecule has 0 spiro atoms. The Labute approximate surface area is 113 Å². The second-order valence-electron chi connectivity index (χ2n) is 3.85. The van der Waals surface area contributed by atoms with Gasteiger partial charge in [0.15, 0.2) is 0 Å². The van der Waals surface area contributed by atoms with Gasteiger partial charge < -0.3 is 5.32 Å². The van der Waals surface area contributed by atoms with Crippen LogP contribution in [0, 0.1) is 0 Å². The summed E-state index contributed by atoms with van der Waals surface area (Å²) in [5.74, 6) is 0.145. The maximum atomic E-state index is 12.8. The number of hydrogen-bond donors (Lipinski definition) is 1. The zero-order valence-corrected chi connectivity index (χ0v) is 10.5. The van der Waals surface area contributed by atoms with Crippen molar-refractivity contribution in [2.75, 3.05) is 5.32 Å². The molecular formula is C13H10ClF3N2. The average Bonchev–Trinajstić information content (AvgIpc) is 2.39. The number of halogens is 4. The number of anilines is 2. The van der Waals surface area contributed by atoms with Gasteiger partial charge in [0.25, 0.3) is 0 Å². The van der Waals surface area contributed by atoms with Crippen molar-refractivity contribution < 1.29 is 13.2 Å². The van der Waals surface area contributed by atoms with E-state index in [1.165, 1.54) is 12.3 Å². The molecule has 6 heteroatoms. The number of rotatable bonds is 3. The fraction of sp³-hybridized carbons (Fsp3) is 0.154. The summed E-state index contributed by atoms with van der Waals surface area (Å²) in [6.45, 7) is 0. The van der Waals surface area contributed by atoms with Crippen LogP contribution in [0.5, 0.6) is 0 Å². The van der Waals surface area contributed by atoms with Crippen molar-refractivity contribution in [3.05, 3.63) is 53.7 Å². The Morgan fingerprint density at radius 3 is 2.37 bits per heavy atom. The number of alkyl halides is 4. The highest BCUT2D eigenvalue weighted by molar-refractivity contribution is 6.17. The highest BCUT2D eigenvalue weighted by atomic mass is 35.5. The first-order valence-corrected chi connectivity index (χ1v) is 5.98. The van der Waals surface area contributed by atoms with E-state index in [1.807, 2.05) is 0 Å². The molecule has 0 amide bonds. The molecule has 0 atom stereocenters. The topological polar surface area (TPSA) is 24.9 Å². The van der Waals surface area contributed by atoms with Gasteiger partial charge in [0, 0.05) is 17.8 Å². The molecule has 0 aliphatic carbocycles. The Morgan fingerprint density at radius 2 is 1.79 bits per heavy atom. The van der Waals surface area contributed by atoms with Gasteiger partial charge in [-0.15, -0.1) is 11.6 Å². The minimum absolute atomic E-state index is 0.214. The molecule has 1 aromatic heterocycles. The first kappa shape index (κ1) is 13.7. The van der Waals surface area contributed by atoms with Crippen molar-refractivity contribution in [3.63, 3.8) is 0 Å². The third kappa shape index (κ3) is 3.38. The van der Waals surface area contributed by atoms with Crippen LogP contribution < -0.4 is 5.32 Å². The molecule has 0 radical (unpaired) electrons. The van der Waals surface area contributed by atoms with E-state index in [0.29, 0.717) is 11.6 Å². The van der Waals surface area contributed by atoms with E-state index < -0.39 is 11.7 Å². The lowest BCUT2D eigenvalue weighted by Gasteiger charge is -2.13. The van der Waals surface area contributed by atoms with Crippen LogP contribution in [0.3, 0.4) is 0 Å². The lowest BCUT2D eigenvalue weighted by Crippen LogP contribution is -2.09. The zero-order valence-electron chi connectivity index (χ0n) is 9.71. The minimum atomic E-state index is -4.44. The van der Waals surface area contributed by atoms with Gasteiger partial charge in [0.1, 0.15) is 5.82 Å². The highest BCUT2D eigenvalue weighted by Crippen LogP contribution is 2.34. The number of aromatic nitrogens is 1. The monoisotopic (exact) mass is 286 g/mol. The van der Waals surface area contributed by atoms with Gasteiger partial charge >= 0.3 is 6.18 Å². The lowest BCUT2D eigenvalue weighted by molar-refractivity contribution is -0.137. The van der Waals surface area contributed by atoms with E-state index in [9.17, 15) is 13.2 Å². The lowest BCUT2D eigenvalue weighted by atomic mass is 10.2. The number of hydrogen-bond acceptors (Lipinski definition) is 2. The fourth-order valence-electron chi connectivity index (χ4n) is 1.55. The Bertz CT molecular complexity index is 553. The SMILES string of the molecule is FC(F)(F)c1cccnc1Nc1ccc(CCl)cc1. The molecule has 2 nitrogen and oxygen atoms in total. The van der Waals surface area contributed by atoms with E-state index in [2.05, 4.69) is 10.3 Å². The van der Waals surface area contributed by atoms with Gasteiger partial charge in [-0.05, 0) is 29.8 Å². The molecule has 0 bridgehead atoms. The summed E-state index contributed by atoms with van der Waals surface area (Å²) in [4.78, 5) is 3.73. The maximum absolute atomic E-state index is 12.8. The quantitative estimate of drug-likeness (QED) is 0.835. The van der Waals surface area contributed by atoms with Crippen molar-refractivity contribution in [2.24, 2.45) is 0 Å². The summed E-state index contributed by atoms with van der Waals surface area (Å²) in [6.07, 6.45) is -3.13. The molecule has 2 rings (SSSR count). The standard InChI is InChI=1S/C13H10ClF3N2/c14-8-9-3-5-10(6-4-9)19-12-11(13(15,16)17)2-1-7-18-12/h1-7H,8H2,(H,18,19). The Balaban J connectivity index is 2.28. The van der Waals surface area contributed by atoms with Crippen LogP contribution in [-0.4, -0.2) is 4.98 Å². The number of pyridine rings is 1. The third-order valence-electron chi connectivity index (χ3n) is 2.48. The summed E-state index contributed by atoms with van der Waals surface area (Å²) >= 11 is 5.64. The predicted molar refractivity (Wildman–Crippen MR) is 68.5 cm³/mol. The van der Waals surface area contributed by atoms with Gasteiger partial charge in [0.2, 0.25) is 0 Å². The second-order valence-corrected chi connectivity index (χ2v) is 4.12. The summed E-state index contributed by atoms with van der Waals surface area (Å²) in [7, 11) is 0. The fourth-order valence-corrected chi connectivity index (χ4v) is 1.73. The number of benzene rings is 1. The summed E-state index contributed by atoms with van der Waals surface area (Å²) in [5, 5.41) is 2.66. The molecule has 0 fully saturated rings. The highest BCUT2D eigenvalue weighted by Gasteiger charge is 2.34. The van der Waals surface area contributed by atoms with Crippen LogP contribution in [0.4, 0.5) is 24.7 Å².